The molecule has 2 aliphatic heterocycles. The van der Waals surface area contributed by atoms with Gasteiger partial charge in [-0.25, -0.2) is 9.50 Å². The van der Waals surface area contributed by atoms with Gasteiger partial charge < -0.3 is 19.9 Å². The number of hydrogen-bond acceptors (Lipinski definition) is 6. The quantitative estimate of drug-likeness (QED) is 0.427. The maximum absolute atomic E-state index is 14.8. The summed E-state index contributed by atoms with van der Waals surface area (Å²) >= 11 is 0. The lowest BCUT2D eigenvalue weighted by Gasteiger charge is -2.34. The minimum atomic E-state index is -4.60. The van der Waals surface area contributed by atoms with E-state index < -0.39 is 11.9 Å². The molecule has 2 fully saturated rings. The lowest BCUT2D eigenvalue weighted by atomic mass is 10.0. The first-order valence-corrected chi connectivity index (χ1v) is 12.6. The predicted molar refractivity (Wildman–Crippen MR) is 133 cm³/mol. The fourth-order valence-corrected chi connectivity index (χ4v) is 5.47. The lowest BCUT2D eigenvalue weighted by molar-refractivity contribution is -0.144. The van der Waals surface area contributed by atoms with E-state index in [2.05, 4.69) is 25.4 Å². The highest BCUT2D eigenvalue weighted by molar-refractivity contribution is 5.80. The Morgan fingerprint density at radius 1 is 1.19 bits per heavy atom. The summed E-state index contributed by atoms with van der Waals surface area (Å²) in [4.78, 5) is 10.1. The van der Waals surface area contributed by atoms with E-state index in [-0.39, 0.29) is 17.6 Å². The van der Waals surface area contributed by atoms with Gasteiger partial charge in [-0.05, 0) is 51.9 Å². The Hall–Kier alpha value is -3.38. The van der Waals surface area contributed by atoms with Gasteiger partial charge in [0.25, 0.3) is 0 Å². The Morgan fingerprint density at radius 3 is 2.70 bits per heavy atom. The van der Waals surface area contributed by atoms with E-state index in [4.69, 9.17) is 9.72 Å². The molecule has 0 bridgehead atoms. The summed E-state index contributed by atoms with van der Waals surface area (Å²) in [6.45, 7) is 6.62. The summed E-state index contributed by atoms with van der Waals surface area (Å²) in [5.41, 5.74) is 1.93. The molecule has 1 atom stereocenters. The zero-order valence-corrected chi connectivity index (χ0v) is 20.7. The highest BCUT2D eigenvalue weighted by atomic mass is 19.4. The van der Waals surface area contributed by atoms with Crippen molar-refractivity contribution in [3.8, 4) is 22.5 Å². The van der Waals surface area contributed by atoms with Crippen LogP contribution >= 0.6 is 0 Å². The average Bonchev–Trinajstić information content (AvgIpc) is 3.62. The van der Waals surface area contributed by atoms with Gasteiger partial charge in [0.1, 0.15) is 5.82 Å². The molecule has 0 aromatic carbocycles. The van der Waals surface area contributed by atoms with E-state index in [1.807, 2.05) is 19.1 Å². The van der Waals surface area contributed by atoms with Crippen molar-refractivity contribution in [3.63, 3.8) is 0 Å². The number of nitrogens with zero attached hydrogens (tertiary/aromatic N) is 6. The molecule has 12 heteroatoms. The van der Waals surface area contributed by atoms with Crippen LogP contribution in [0.15, 0.2) is 30.6 Å². The van der Waals surface area contributed by atoms with Gasteiger partial charge in [0.2, 0.25) is 0 Å². The molecule has 0 aliphatic carbocycles. The monoisotopic (exact) mass is 514 g/mol. The molecule has 196 valence electrons. The van der Waals surface area contributed by atoms with Gasteiger partial charge in [-0.3, -0.25) is 4.68 Å². The molecule has 2 saturated heterocycles. The van der Waals surface area contributed by atoms with Crippen LogP contribution in [0.25, 0.3) is 28.2 Å². The molecule has 0 spiro atoms. The van der Waals surface area contributed by atoms with Crippen LogP contribution in [-0.4, -0.2) is 68.3 Å². The van der Waals surface area contributed by atoms with Crippen molar-refractivity contribution in [2.75, 3.05) is 37.7 Å². The van der Waals surface area contributed by atoms with E-state index >= 15 is 0 Å². The summed E-state index contributed by atoms with van der Waals surface area (Å²) in [5.74, 6) is 0.591. The molecule has 6 rings (SSSR count). The maximum Gasteiger partial charge on any atom is 0.433 e. The molecule has 9 nitrogen and oxygen atoms in total. The van der Waals surface area contributed by atoms with Crippen molar-refractivity contribution in [3.05, 3.63) is 42.0 Å². The zero-order valence-electron chi connectivity index (χ0n) is 20.7. The second kappa shape index (κ2) is 9.18. The van der Waals surface area contributed by atoms with Gasteiger partial charge in [0.15, 0.2) is 11.3 Å². The molecule has 4 aromatic heterocycles. The van der Waals surface area contributed by atoms with Gasteiger partial charge in [-0.15, -0.1) is 0 Å². The average molecular weight is 515 g/mol. The molecule has 37 heavy (non-hydrogen) atoms. The molecule has 0 radical (unpaired) electrons. The Morgan fingerprint density at radius 2 is 2.00 bits per heavy atom. The number of halogens is 3. The summed E-state index contributed by atoms with van der Waals surface area (Å²) in [5, 5.41) is 12.2. The molecule has 4 aromatic rings. The first kappa shape index (κ1) is 24.0. The number of aromatic amines is 1. The number of rotatable bonds is 4. The Kier molecular flexibility index (Phi) is 5.95. The van der Waals surface area contributed by atoms with Crippen LogP contribution < -0.4 is 10.2 Å². The molecule has 0 saturated carbocycles. The standard InChI is InChI=1S/C25H29F3N8O/c1-15-14-37-11-10-34(15)21-12-20(36-24(32-21)18(13-31-36)19-4-3-7-30-19)22-16(2)33-35(23(22)25(26,27)28)17-5-8-29-9-6-17/h3-4,7,12-13,15,17,29-30H,5-6,8-11,14H2,1-2H3/t15-/m1/s1. The highest BCUT2D eigenvalue weighted by Gasteiger charge is 2.42. The molecule has 2 aliphatic rings. The molecule has 6 heterocycles. The van der Waals surface area contributed by atoms with Gasteiger partial charge >= 0.3 is 6.18 Å². The van der Waals surface area contributed by atoms with Crippen molar-refractivity contribution in [1.82, 2.24) is 34.7 Å². The third-order valence-corrected chi connectivity index (χ3v) is 7.27. The summed E-state index contributed by atoms with van der Waals surface area (Å²) in [7, 11) is 0. The molecule has 2 N–H and O–H groups in total. The minimum absolute atomic E-state index is 0.0223. The van der Waals surface area contributed by atoms with E-state index in [1.165, 1.54) is 9.20 Å². The van der Waals surface area contributed by atoms with E-state index in [9.17, 15) is 13.2 Å². The number of piperidine rings is 1. The number of alkyl halides is 3. The van der Waals surface area contributed by atoms with Gasteiger partial charge in [-0.1, -0.05) is 0 Å². The number of aryl methyl sites for hydroxylation is 1. The third kappa shape index (κ3) is 4.17. The number of aromatic nitrogens is 6. The largest absolute Gasteiger partial charge is 0.433 e. The smallest absolute Gasteiger partial charge is 0.377 e. The third-order valence-electron chi connectivity index (χ3n) is 7.27. The number of ether oxygens (including phenoxy) is 1. The fraction of sp³-hybridized carbons (Fsp3) is 0.480. The number of fused-ring (bicyclic) bond motifs is 1. The molecule has 0 unspecified atom stereocenters. The van der Waals surface area contributed by atoms with Crippen LogP contribution in [0.1, 0.15) is 37.2 Å². The Bertz CT molecular complexity index is 1400. The summed E-state index contributed by atoms with van der Waals surface area (Å²) in [6, 6.07) is 5.17. The minimum Gasteiger partial charge on any atom is -0.377 e. The summed E-state index contributed by atoms with van der Waals surface area (Å²) in [6.07, 6.45) is 0.0148. The normalized spacial score (nSPS) is 19.7. The zero-order chi connectivity index (χ0) is 25.7. The highest BCUT2D eigenvalue weighted by Crippen LogP contribution is 2.42. The predicted octanol–water partition coefficient (Wildman–Crippen LogP) is 4.06. The number of H-pyrrole nitrogens is 1. The van der Waals surface area contributed by atoms with Crippen LogP contribution in [0, 0.1) is 6.92 Å². The van der Waals surface area contributed by atoms with Crippen molar-refractivity contribution in [1.29, 1.82) is 0 Å². The molecular weight excluding hydrogens is 485 g/mol. The van der Waals surface area contributed by atoms with Crippen molar-refractivity contribution < 1.29 is 17.9 Å². The van der Waals surface area contributed by atoms with Crippen LogP contribution in [0.3, 0.4) is 0 Å². The lowest BCUT2D eigenvalue weighted by Crippen LogP contribution is -2.44. The van der Waals surface area contributed by atoms with Crippen LogP contribution in [-0.2, 0) is 10.9 Å². The molecule has 0 amide bonds. The Balaban J connectivity index is 1.61. The summed E-state index contributed by atoms with van der Waals surface area (Å²) < 4.78 is 52.6. The van der Waals surface area contributed by atoms with E-state index in [0.717, 1.165) is 5.69 Å². The van der Waals surface area contributed by atoms with Crippen molar-refractivity contribution in [2.24, 2.45) is 0 Å². The SMILES string of the molecule is Cc1nn(C2CCNCC2)c(C(F)(F)F)c1-c1cc(N2CCOC[C@H]2C)nc2c(-c3ccc[nH]3)cnn12. The second-order valence-corrected chi connectivity index (χ2v) is 9.73. The van der Waals surface area contributed by atoms with Gasteiger partial charge in [-0.2, -0.15) is 23.4 Å². The van der Waals surface area contributed by atoms with Gasteiger partial charge in [0.05, 0.1) is 59.7 Å². The van der Waals surface area contributed by atoms with Crippen LogP contribution in [0.4, 0.5) is 19.0 Å². The Labute approximate surface area is 211 Å². The first-order valence-electron chi connectivity index (χ1n) is 12.6. The topological polar surface area (TPSA) is 88.3 Å². The number of morpholine rings is 1. The number of hydrogen-bond donors (Lipinski definition) is 2. The number of anilines is 1. The first-order chi connectivity index (χ1) is 17.8. The van der Waals surface area contributed by atoms with Crippen LogP contribution in [0.2, 0.25) is 0 Å². The van der Waals surface area contributed by atoms with E-state index in [0.29, 0.717) is 74.1 Å². The van der Waals surface area contributed by atoms with Crippen molar-refractivity contribution >= 4 is 11.5 Å². The maximum atomic E-state index is 14.8. The molecular formula is C25H29F3N8O. The number of nitrogens with one attached hydrogen (secondary N) is 2. The van der Waals surface area contributed by atoms with Crippen LogP contribution in [0.5, 0.6) is 0 Å². The van der Waals surface area contributed by atoms with Gasteiger partial charge in [0, 0.05) is 18.8 Å². The van der Waals surface area contributed by atoms with E-state index in [1.54, 1.807) is 25.4 Å². The fourth-order valence-electron chi connectivity index (χ4n) is 5.47. The van der Waals surface area contributed by atoms with Crippen molar-refractivity contribution in [2.45, 2.75) is 44.9 Å². The second-order valence-electron chi connectivity index (χ2n) is 9.73.